The molecule has 0 aliphatic carbocycles. The zero-order valence-electron chi connectivity index (χ0n) is 14.4. The fraction of sp³-hybridized carbons (Fsp3) is 0.667. The summed E-state index contributed by atoms with van der Waals surface area (Å²) in [6, 6.07) is 5.70. The molecule has 0 saturated carbocycles. The Morgan fingerprint density at radius 3 is 2.20 bits per heavy atom. The molecule has 1 rings (SSSR count). The Labute approximate surface area is 125 Å². The molecule has 0 amide bonds. The van der Waals surface area contributed by atoms with Gasteiger partial charge in [-0.3, -0.25) is 0 Å². The van der Waals surface area contributed by atoms with E-state index < -0.39 is 0 Å². The van der Waals surface area contributed by atoms with Crippen molar-refractivity contribution in [1.82, 2.24) is 10.2 Å². The Kier molecular flexibility index (Phi) is 6.70. The van der Waals surface area contributed by atoms with Crippen molar-refractivity contribution in [3.8, 4) is 0 Å². The van der Waals surface area contributed by atoms with E-state index in [0.29, 0.717) is 12.1 Å². The summed E-state index contributed by atoms with van der Waals surface area (Å²) in [6.07, 6.45) is 1.20. The highest BCUT2D eigenvalue weighted by Crippen LogP contribution is 2.21. The first-order chi connectivity index (χ1) is 9.32. The molecule has 0 aliphatic heterocycles. The van der Waals surface area contributed by atoms with Gasteiger partial charge in [0, 0.05) is 12.1 Å². The molecule has 1 N–H and O–H groups in total. The third-order valence-electron chi connectivity index (χ3n) is 4.37. The first-order valence-corrected chi connectivity index (χ1v) is 7.84. The molecule has 114 valence electrons. The summed E-state index contributed by atoms with van der Waals surface area (Å²) in [5.41, 5.74) is 5.61. The van der Waals surface area contributed by atoms with Gasteiger partial charge in [0.05, 0.1) is 0 Å². The number of hydrogen-bond donors (Lipinski definition) is 1. The van der Waals surface area contributed by atoms with Gasteiger partial charge in [-0.15, -0.1) is 0 Å². The Bertz CT molecular complexity index is 424. The van der Waals surface area contributed by atoms with Gasteiger partial charge in [-0.2, -0.15) is 0 Å². The van der Waals surface area contributed by atoms with Gasteiger partial charge in [0.25, 0.3) is 0 Å². The SMILES string of the molecule is Cc1cc(C)c(C(C)NCCCN(C)C(C)C)cc1C. The van der Waals surface area contributed by atoms with E-state index in [2.05, 4.69) is 70.9 Å². The van der Waals surface area contributed by atoms with Crippen LogP contribution >= 0.6 is 0 Å². The Balaban J connectivity index is 2.47. The molecule has 0 aliphatic rings. The second-order valence-electron chi connectivity index (χ2n) is 6.40. The smallest absolute Gasteiger partial charge is 0.0294 e. The molecular formula is C18H32N2. The van der Waals surface area contributed by atoms with E-state index in [4.69, 9.17) is 0 Å². The minimum Gasteiger partial charge on any atom is -0.310 e. The van der Waals surface area contributed by atoms with Crippen molar-refractivity contribution in [3.63, 3.8) is 0 Å². The monoisotopic (exact) mass is 276 g/mol. The van der Waals surface area contributed by atoms with Gasteiger partial charge in [0.2, 0.25) is 0 Å². The quantitative estimate of drug-likeness (QED) is 0.757. The normalized spacial score (nSPS) is 13.2. The van der Waals surface area contributed by atoms with Crippen molar-refractivity contribution >= 4 is 0 Å². The molecule has 2 heteroatoms. The average molecular weight is 276 g/mol. The van der Waals surface area contributed by atoms with Crippen molar-refractivity contribution < 1.29 is 0 Å². The van der Waals surface area contributed by atoms with Gasteiger partial charge >= 0.3 is 0 Å². The van der Waals surface area contributed by atoms with Crippen molar-refractivity contribution in [2.45, 2.75) is 60.0 Å². The summed E-state index contributed by atoms with van der Waals surface area (Å²) in [5.74, 6) is 0. The minimum atomic E-state index is 0.429. The van der Waals surface area contributed by atoms with E-state index >= 15 is 0 Å². The van der Waals surface area contributed by atoms with Crippen LogP contribution in [0.5, 0.6) is 0 Å². The number of nitrogens with zero attached hydrogens (tertiary/aromatic N) is 1. The molecule has 0 aromatic heterocycles. The van der Waals surface area contributed by atoms with Gasteiger partial charge < -0.3 is 10.2 Å². The predicted molar refractivity (Wildman–Crippen MR) is 89.5 cm³/mol. The van der Waals surface area contributed by atoms with Gasteiger partial charge in [0.1, 0.15) is 0 Å². The number of benzene rings is 1. The van der Waals surface area contributed by atoms with Gasteiger partial charge in [-0.05, 0) is 90.4 Å². The van der Waals surface area contributed by atoms with Crippen molar-refractivity contribution in [3.05, 3.63) is 34.4 Å². The van der Waals surface area contributed by atoms with Gasteiger partial charge in [-0.25, -0.2) is 0 Å². The zero-order chi connectivity index (χ0) is 15.3. The van der Waals surface area contributed by atoms with Gasteiger partial charge in [-0.1, -0.05) is 12.1 Å². The van der Waals surface area contributed by atoms with Crippen LogP contribution in [-0.2, 0) is 0 Å². The standard InChI is InChI=1S/C18H32N2/c1-13(2)20(7)10-8-9-19-17(6)18-12-15(4)14(3)11-16(18)5/h11-13,17,19H,8-10H2,1-7H3. The van der Waals surface area contributed by atoms with E-state index in [0.717, 1.165) is 13.1 Å². The Morgan fingerprint density at radius 1 is 1.00 bits per heavy atom. The molecular weight excluding hydrogens is 244 g/mol. The van der Waals surface area contributed by atoms with Crippen LogP contribution in [0.1, 0.15) is 55.5 Å². The summed E-state index contributed by atoms with van der Waals surface area (Å²) in [4.78, 5) is 2.40. The molecule has 0 heterocycles. The molecule has 0 radical (unpaired) electrons. The van der Waals surface area contributed by atoms with E-state index in [-0.39, 0.29) is 0 Å². The van der Waals surface area contributed by atoms with E-state index in [1.165, 1.54) is 28.7 Å². The second-order valence-corrected chi connectivity index (χ2v) is 6.40. The summed E-state index contributed by atoms with van der Waals surface area (Å²) in [6.45, 7) is 15.6. The minimum absolute atomic E-state index is 0.429. The van der Waals surface area contributed by atoms with Crippen LogP contribution < -0.4 is 5.32 Å². The van der Waals surface area contributed by atoms with Crippen LogP contribution in [0.3, 0.4) is 0 Å². The lowest BCUT2D eigenvalue weighted by Crippen LogP contribution is -2.30. The summed E-state index contributed by atoms with van der Waals surface area (Å²) >= 11 is 0. The second kappa shape index (κ2) is 7.80. The maximum absolute atomic E-state index is 3.65. The molecule has 0 spiro atoms. The molecule has 2 nitrogen and oxygen atoms in total. The summed E-state index contributed by atoms with van der Waals surface area (Å²) in [7, 11) is 2.20. The predicted octanol–water partition coefficient (Wildman–Crippen LogP) is 3.99. The molecule has 1 aromatic rings. The molecule has 1 aromatic carbocycles. The largest absolute Gasteiger partial charge is 0.310 e. The lowest BCUT2D eigenvalue weighted by molar-refractivity contribution is 0.268. The number of nitrogens with one attached hydrogen (secondary N) is 1. The summed E-state index contributed by atoms with van der Waals surface area (Å²) < 4.78 is 0. The molecule has 0 bridgehead atoms. The maximum Gasteiger partial charge on any atom is 0.0294 e. The Hall–Kier alpha value is -0.860. The molecule has 0 saturated heterocycles. The van der Waals surface area contributed by atoms with Crippen LogP contribution in [0.15, 0.2) is 12.1 Å². The summed E-state index contributed by atoms with van der Waals surface area (Å²) in [5, 5.41) is 3.65. The van der Waals surface area contributed by atoms with E-state index in [1.807, 2.05) is 0 Å². The molecule has 0 fully saturated rings. The van der Waals surface area contributed by atoms with E-state index in [9.17, 15) is 0 Å². The first-order valence-electron chi connectivity index (χ1n) is 7.84. The molecule has 1 atom stereocenters. The van der Waals surface area contributed by atoms with Crippen LogP contribution in [0.2, 0.25) is 0 Å². The van der Waals surface area contributed by atoms with Crippen LogP contribution in [0.25, 0.3) is 0 Å². The first kappa shape index (κ1) is 17.2. The van der Waals surface area contributed by atoms with Gasteiger partial charge in [0.15, 0.2) is 0 Å². The lowest BCUT2D eigenvalue weighted by Gasteiger charge is -2.22. The fourth-order valence-corrected chi connectivity index (χ4v) is 2.46. The maximum atomic E-state index is 3.65. The number of rotatable bonds is 7. The highest BCUT2D eigenvalue weighted by atomic mass is 15.1. The average Bonchev–Trinajstić information content (AvgIpc) is 2.38. The van der Waals surface area contributed by atoms with Crippen LogP contribution in [-0.4, -0.2) is 31.1 Å². The highest BCUT2D eigenvalue weighted by Gasteiger charge is 2.09. The molecule has 20 heavy (non-hydrogen) atoms. The topological polar surface area (TPSA) is 15.3 Å². The third kappa shape index (κ3) is 4.92. The number of aryl methyl sites for hydroxylation is 3. The number of hydrogen-bond acceptors (Lipinski definition) is 2. The zero-order valence-corrected chi connectivity index (χ0v) is 14.4. The highest BCUT2D eigenvalue weighted by molar-refractivity contribution is 5.37. The van der Waals surface area contributed by atoms with Crippen molar-refractivity contribution in [1.29, 1.82) is 0 Å². The van der Waals surface area contributed by atoms with Crippen LogP contribution in [0.4, 0.5) is 0 Å². The molecule has 1 unspecified atom stereocenters. The fourth-order valence-electron chi connectivity index (χ4n) is 2.46. The Morgan fingerprint density at radius 2 is 1.60 bits per heavy atom. The van der Waals surface area contributed by atoms with Crippen molar-refractivity contribution in [2.24, 2.45) is 0 Å². The van der Waals surface area contributed by atoms with Crippen molar-refractivity contribution in [2.75, 3.05) is 20.1 Å². The third-order valence-corrected chi connectivity index (χ3v) is 4.37. The van der Waals surface area contributed by atoms with E-state index in [1.54, 1.807) is 0 Å². The lowest BCUT2D eigenvalue weighted by atomic mass is 9.96. The van der Waals surface area contributed by atoms with Crippen LogP contribution in [0, 0.1) is 20.8 Å².